The van der Waals surface area contributed by atoms with Crippen LogP contribution in [0.15, 0.2) is 18.2 Å². The maximum absolute atomic E-state index is 6.16. The van der Waals surface area contributed by atoms with Crippen LogP contribution in [0.2, 0.25) is 5.02 Å². The molecule has 1 fully saturated rings. The van der Waals surface area contributed by atoms with Gasteiger partial charge >= 0.3 is 0 Å². The van der Waals surface area contributed by atoms with E-state index in [1.54, 1.807) is 0 Å². The van der Waals surface area contributed by atoms with E-state index in [2.05, 4.69) is 0 Å². The number of halogens is 1. The molecule has 1 saturated carbocycles. The van der Waals surface area contributed by atoms with Gasteiger partial charge in [0.15, 0.2) is 0 Å². The molecule has 2 N–H and O–H groups in total. The highest BCUT2D eigenvalue weighted by atomic mass is 35.5. The molecule has 15 heavy (non-hydrogen) atoms. The van der Waals surface area contributed by atoms with Crippen molar-refractivity contribution in [3.63, 3.8) is 0 Å². The van der Waals surface area contributed by atoms with Crippen LogP contribution < -0.4 is 10.5 Å². The van der Waals surface area contributed by atoms with Gasteiger partial charge in [0.2, 0.25) is 0 Å². The van der Waals surface area contributed by atoms with E-state index in [0.717, 1.165) is 16.3 Å². The molecule has 1 atom stereocenters. The molecule has 3 heteroatoms. The first-order valence-electron chi connectivity index (χ1n) is 5.40. The van der Waals surface area contributed by atoms with Gasteiger partial charge in [-0.2, -0.15) is 0 Å². The van der Waals surface area contributed by atoms with Gasteiger partial charge in [0, 0.05) is 16.6 Å². The zero-order chi connectivity index (χ0) is 10.8. The Labute approximate surface area is 95.4 Å². The Balaban J connectivity index is 2.28. The van der Waals surface area contributed by atoms with Gasteiger partial charge in [-0.15, -0.1) is 0 Å². The first-order valence-corrected chi connectivity index (χ1v) is 5.78. The topological polar surface area (TPSA) is 35.2 Å². The molecule has 0 heterocycles. The molecule has 0 bridgehead atoms. The lowest BCUT2D eigenvalue weighted by Gasteiger charge is -2.16. The van der Waals surface area contributed by atoms with Crippen LogP contribution in [-0.2, 0) is 0 Å². The third-order valence-corrected chi connectivity index (χ3v) is 3.00. The molecule has 1 aromatic carbocycles. The lowest BCUT2D eigenvalue weighted by Crippen LogP contribution is -2.14. The fourth-order valence-electron chi connectivity index (χ4n) is 1.78. The average Bonchev–Trinajstić information content (AvgIpc) is 3.03. The highest BCUT2D eigenvalue weighted by Crippen LogP contribution is 2.42. The van der Waals surface area contributed by atoms with Crippen molar-refractivity contribution < 1.29 is 4.74 Å². The number of nitrogens with two attached hydrogens (primary N) is 1. The van der Waals surface area contributed by atoms with Crippen LogP contribution in [0.1, 0.15) is 31.4 Å². The van der Waals surface area contributed by atoms with Crippen LogP contribution in [-0.4, -0.2) is 6.61 Å². The third-order valence-electron chi connectivity index (χ3n) is 2.76. The second kappa shape index (κ2) is 4.42. The summed E-state index contributed by atoms with van der Waals surface area (Å²) in [6.45, 7) is 2.63. The van der Waals surface area contributed by atoms with Gasteiger partial charge in [0.25, 0.3) is 0 Å². The third kappa shape index (κ3) is 2.44. The van der Waals surface area contributed by atoms with Gasteiger partial charge in [-0.3, -0.25) is 0 Å². The van der Waals surface area contributed by atoms with Gasteiger partial charge in [-0.05, 0) is 43.9 Å². The quantitative estimate of drug-likeness (QED) is 0.855. The minimum Gasteiger partial charge on any atom is -0.494 e. The minimum atomic E-state index is 0.0743. The maximum atomic E-state index is 6.16. The molecule has 82 valence electrons. The Kier molecular flexibility index (Phi) is 3.17. The molecule has 1 aliphatic rings. The second-order valence-electron chi connectivity index (χ2n) is 3.98. The molecule has 0 radical (unpaired) electrons. The van der Waals surface area contributed by atoms with Crippen molar-refractivity contribution in [3.05, 3.63) is 28.8 Å². The van der Waals surface area contributed by atoms with Crippen LogP contribution in [0.4, 0.5) is 0 Å². The molecule has 2 nitrogen and oxygen atoms in total. The summed E-state index contributed by atoms with van der Waals surface area (Å²) in [7, 11) is 0. The van der Waals surface area contributed by atoms with Crippen LogP contribution in [0, 0.1) is 5.92 Å². The standard InChI is InChI=1S/C12H16ClNO/c1-2-15-11-6-5-9(13)7-10(11)12(14)8-3-4-8/h5-8,12H,2-4,14H2,1H3. The van der Waals surface area contributed by atoms with Crippen LogP contribution in [0.3, 0.4) is 0 Å². The SMILES string of the molecule is CCOc1ccc(Cl)cc1C(N)C1CC1. The molecule has 1 unspecified atom stereocenters. The normalized spacial score (nSPS) is 17.5. The molecule has 0 aliphatic heterocycles. The van der Waals surface area contributed by atoms with Crippen LogP contribution in [0.25, 0.3) is 0 Å². The average molecular weight is 226 g/mol. The molecule has 1 aliphatic carbocycles. The highest BCUT2D eigenvalue weighted by Gasteiger charge is 2.31. The Morgan fingerprint density at radius 1 is 1.53 bits per heavy atom. The van der Waals surface area contributed by atoms with Crippen molar-refractivity contribution in [2.24, 2.45) is 11.7 Å². The maximum Gasteiger partial charge on any atom is 0.124 e. The Morgan fingerprint density at radius 2 is 2.27 bits per heavy atom. The largest absolute Gasteiger partial charge is 0.494 e. The number of hydrogen-bond acceptors (Lipinski definition) is 2. The summed E-state index contributed by atoms with van der Waals surface area (Å²) in [6.07, 6.45) is 2.44. The molecular weight excluding hydrogens is 210 g/mol. The summed E-state index contributed by atoms with van der Waals surface area (Å²) in [4.78, 5) is 0. The van der Waals surface area contributed by atoms with E-state index in [1.165, 1.54) is 12.8 Å². The lowest BCUT2D eigenvalue weighted by atomic mass is 10.0. The van der Waals surface area contributed by atoms with Crippen molar-refractivity contribution in [1.29, 1.82) is 0 Å². The van der Waals surface area contributed by atoms with Crippen LogP contribution in [0.5, 0.6) is 5.75 Å². The summed E-state index contributed by atoms with van der Waals surface area (Å²) in [5, 5.41) is 0.726. The number of hydrogen-bond donors (Lipinski definition) is 1. The van der Waals surface area contributed by atoms with E-state index in [1.807, 2.05) is 25.1 Å². The smallest absolute Gasteiger partial charge is 0.124 e. The van der Waals surface area contributed by atoms with Crippen LogP contribution >= 0.6 is 11.6 Å². The highest BCUT2D eigenvalue weighted by molar-refractivity contribution is 6.30. The van der Waals surface area contributed by atoms with Gasteiger partial charge in [0.1, 0.15) is 5.75 Å². The summed E-state index contributed by atoms with van der Waals surface area (Å²) in [5.74, 6) is 1.49. The fraction of sp³-hybridized carbons (Fsp3) is 0.500. The van der Waals surface area contributed by atoms with Gasteiger partial charge in [0.05, 0.1) is 6.61 Å². The van der Waals surface area contributed by atoms with Crippen molar-refractivity contribution >= 4 is 11.6 Å². The van der Waals surface area contributed by atoms with Gasteiger partial charge in [-0.1, -0.05) is 11.6 Å². The van der Waals surface area contributed by atoms with E-state index in [4.69, 9.17) is 22.1 Å². The summed E-state index contributed by atoms with van der Waals surface area (Å²) >= 11 is 5.98. The van der Waals surface area contributed by atoms with Gasteiger partial charge < -0.3 is 10.5 Å². The number of rotatable bonds is 4. The molecule has 0 saturated heterocycles. The molecular formula is C12H16ClNO. The minimum absolute atomic E-state index is 0.0743. The molecule has 1 aromatic rings. The predicted octanol–water partition coefficient (Wildman–Crippen LogP) is 3.15. The van der Waals surface area contributed by atoms with E-state index >= 15 is 0 Å². The Morgan fingerprint density at radius 3 is 2.87 bits per heavy atom. The number of ether oxygens (including phenoxy) is 1. The van der Waals surface area contributed by atoms with E-state index < -0.39 is 0 Å². The monoisotopic (exact) mass is 225 g/mol. The second-order valence-corrected chi connectivity index (χ2v) is 4.41. The number of benzene rings is 1. The molecule has 0 spiro atoms. The van der Waals surface area contributed by atoms with Crippen molar-refractivity contribution in [2.45, 2.75) is 25.8 Å². The first-order chi connectivity index (χ1) is 7.22. The van der Waals surface area contributed by atoms with Crippen molar-refractivity contribution in [3.8, 4) is 5.75 Å². The zero-order valence-electron chi connectivity index (χ0n) is 8.87. The molecule has 0 aromatic heterocycles. The zero-order valence-corrected chi connectivity index (χ0v) is 9.63. The summed E-state index contributed by atoms with van der Waals surface area (Å²) in [6, 6.07) is 5.75. The van der Waals surface area contributed by atoms with Crippen molar-refractivity contribution in [1.82, 2.24) is 0 Å². The molecule has 0 amide bonds. The van der Waals surface area contributed by atoms with Crippen molar-refractivity contribution in [2.75, 3.05) is 6.61 Å². The van der Waals surface area contributed by atoms with E-state index in [0.29, 0.717) is 12.5 Å². The predicted molar refractivity (Wildman–Crippen MR) is 62.3 cm³/mol. The first kappa shape index (κ1) is 10.8. The van der Waals surface area contributed by atoms with E-state index in [9.17, 15) is 0 Å². The van der Waals surface area contributed by atoms with Gasteiger partial charge in [-0.25, -0.2) is 0 Å². The summed E-state index contributed by atoms with van der Waals surface area (Å²) < 4.78 is 5.55. The fourth-order valence-corrected chi connectivity index (χ4v) is 1.96. The summed E-state index contributed by atoms with van der Waals surface area (Å²) in [5.41, 5.74) is 7.21. The molecule has 2 rings (SSSR count). The van der Waals surface area contributed by atoms with E-state index in [-0.39, 0.29) is 6.04 Å². The Hall–Kier alpha value is -0.730. The Bertz CT molecular complexity index is 349. The lowest BCUT2D eigenvalue weighted by molar-refractivity contribution is 0.333.